The number of fused-ring (bicyclic) bond motifs is 8. The third-order valence-electron chi connectivity index (χ3n) is 8.88. The maximum absolute atomic E-state index is 11.7. The Morgan fingerprint density at radius 1 is 0.556 bits per heavy atom. The topological polar surface area (TPSA) is 128 Å². The molecule has 2 aromatic carbocycles. The molecule has 10 heteroatoms. The Balaban J connectivity index is 1.21. The Labute approximate surface area is 313 Å². The molecular formula is C44H42N4O6. The number of hydrogen-bond acceptors (Lipinski definition) is 8. The van der Waals surface area contributed by atoms with Crippen LogP contribution in [0.3, 0.4) is 0 Å². The van der Waals surface area contributed by atoms with Crippen LogP contribution < -0.4 is 9.47 Å². The van der Waals surface area contributed by atoms with Crippen molar-refractivity contribution in [1.29, 1.82) is 0 Å². The summed E-state index contributed by atoms with van der Waals surface area (Å²) in [5.41, 5.74) is 10.9. The van der Waals surface area contributed by atoms with Gasteiger partial charge in [0.25, 0.3) is 0 Å². The highest BCUT2D eigenvalue weighted by molar-refractivity contribution is 5.94. The van der Waals surface area contributed by atoms with Gasteiger partial charge in [0.2, 0.25) is 0 Å². The number of ether oxygens (including phenoxy) is 4. The van der Waals surface area contributed by atoms with Gasteiger partial charge in [0.1, 0.15) is 11.5 Å². The van der Waals surface area contributed by atoms with Gasteiger partial charge in [0.15, 0.2) is 0 Å². The zero-order valence-electron chi connectivity index (χ0n) is 30.4. The number of hydrogen-bond donors (Lipinski definition) is 2. The van der Waals surface area contributed by atoms with Crippen LogP contribution in [0.5, 0.6) is 11.5 Å². The number of nitrogens with one attached hydrogen (secondary N) is 2. The minimum atomic E-state index is -0.211. The molecule has 3 aromatic heterocycles. The molecule has 0 radical (unpaired) electrons. The fourth-order valence-corrected chi connectivity index (χ4v) is 6.40. The van der Waals surface area contributed by atoms with Crippen LogP contribution in [0.4, 0.5) is 0 Å². The third kappa shape index (κ3) is 8.78. The lowest BCUT2D eigenvalue weighted by atomic mass is 10.0. The normalized spacial score (nSPS) is 11.7. The third-order valence-corrected chi connectivity index (χ3v) is 8.88. The number of benzene rings is 2. The Bertz CT molecular complexity index is 2260. The number of carbonyl (C=O) groups excluding carboxylic acids is 2. The van der Waals surface area contributed by atoms with E-state index in [0.29, 0.717) is 52.1 Å². The molecule has 0 unspecified atom stereocenters. The van der Waals surface area contributed by atoms with Gasteiger partial charge in [-0.3, -0.25) is 9.59 Å². The number of carbonyl (C=O) groups is 2. The van der Waals surface area contributed by atoms with Crippen LogP contribution in [-0.4, -0.2) is 58.3 Å². The highest BCUT2D eigenvalue weighted by Gasteiger charge is 2.15. The lowest BCUT2D eigenvalue weighted by Gasteiger charge is -2.09. The van der Waals surface area contributed by atoms with Crippen LogP contribution >= 0.6 is 0 Å². The van der Waals surface area contributed by atoms with Gasteiger partial charge in [-0.2, -0.15) is 0 Å². The Morgan fingerprint density at radius 3 is 1.44 bits per heavy atom. The fraction of sp³-hybridized carbons (Fsp3) is 0.227. The van der Waals surface area contributed by atoms with E-state index in [4.69, 9.17) is 28.9 Å². The van der Waals surface area contributed by atoms with E-state index >= 15 is 0 Å². The molecule has 54 heavy (non-hydrogen) atoms. The van der Waals surface area contributed by atoms with Crippen molar-refractivity contribution in [3.63, 3.8) is 0 Å². The summed E-state index contributed by atoms with van der Waals surface area (Å²) in [5.74, 6) is 1.04. The first-order valence-electron chi connectivity index (χ1n) is 18.3. The van der Waals surface area contributed by atoms with Gasteiger partial charge in [-0.15, -0.1) is 0 Å². The van der Waals surface area contributed by atoms with Gasteiger partial charge in [-0.05, 0) is 123 Å². The first-order valence-corrected chi connectivity index (χ1v) is 18.3. The van der Waals surface area contributed by atoms with Gasteiger partial charge in [-0.25, -0.2) is 9.97 Å². The maximum atomic E-state index is 11.7. The molecule has 0 atom stereocenters. The Kier molecular flexibility index (Phi) is 11.3. The molecule has 2 N–H and O–H groups in total. The fourth-order valence-electron chi connectivity index (χ4n) is 6.40. The van der Waals surface area contributed by atoms with Gasteiger partial charge in [0, 0.05) is 46.0 Å². The van der Waals surface area contributed by atoms with Crippen molar-refractivity contribution in [3.05, 3.63) is 108 Å². The molecular weight excluding hydrogens is 681 g/mol. The summed E-state index contributed by atoms with van der Waals surface area (Å²) in [6, 6.07) is 28.2. The van der Waals surface area contributed by atoms with Crippen LogP contribution in [0.2, 0.25) is 0 Å². The molecule has 5 aromatic rings. The summed E-state index contributed by atoms with van der Waals surface area (Å²) in [5, 5.41) is 0. The number of esters is 2. The summed E-state index contributed by atoms with van der Waals surface area (Å²) in [7, 11) is 0. The zero-order chi connectivity index (χ0) is 37.3. The predicted molar refractivity (Wildman–Crippen MR) is 212 cm³/mol. The molecule has 0 aliphatic carbocycles. The molecule has 10 nitrogen and oxygen atoms in total. The second-order valence-corrected chi connectivity index (χ2v) is 12.8. The van der Waals surface area contributed by atoms with Crippen molar-refractivity contribution in [2.75, 3.05) is 26.4 Å². The minimum absolute atomic E-state index is 0.208. The van der Waals surface area contributed by atoms with E-state index in [2.05, 4.69) is 34.2 Å². The highest BCUT2D eigenvalue weighted by atomic mass is 16.5. The van der Waals surface area contributed by atoms with E-state index in [-0.39, 0.29) is 11.9 Å². The number of H-pyrrole nitrogens is 2. The lowest BCUT2D eigenvalue weighted by molar-refractivity contribution is -0.144. The molecule has 274 valence electrons. The van der Waals surface area contributed by atoms with Crippen LogP contribution in [-0.2, 0) is 19.1 Å². The van der Waals surface area contributed by atoms with E-state index < -0.39 is 0 Å². The van der Waals surface area contributed by atoms with Gasteiger partial charge < -0.3 is 28.9 Å². The molecule has 0 saturated heterocycles. The zero-order valence-corrected chi connectivity index (χ0v) is 30.4. The number of rotatable bonds is 14. The number of aromatic amines is 2. The van der Waals surface area contributed by atoms with Gasteiger partial charge in [-0.1, -0.05) is 24.3 Å². The molecule has 0 saturated carbocycles. The summed E-state index contributed by atoms with van der Waals surface area (Å²) in [4.78, 5) is 40.6. The maximum Gasteiger partial charge on any atom is 0.305 e. The van der Waals surface area contributed by atoms with Crippen molar-refractivity contribution < 1.29 is 28.5 Å². The monoisotopic (exact) mass is 722 g/mol. The van der Waals surface area contributed by atoms with Crippen molar-refractivity contribution in [2.45, 2.75) is 39.5 Å². The van der Waals surface area contributed by atoms with Crippen molar-refractivity contribution in [3.8, 4) is 33.8 Å². The second kappa shape index (κ2) is 16.9. The quantitative estimate of drug-likeness (QED) is 0.0840. The molecule has 5 heterocycles. The van der Waals surface area contributed by atoms with E-state index in [1.54, 1.807) is 13.8 Å². The molecule has 0 fully saturated rings. The van der Waals surface area contributed by atoms with Gasteiger partial charge in [0.05, 0.1) is 49.2 Å². The van der Waals surface area contributed by atoms with E-state index in [0.717, 1.165) is 78.6 Å². The van der Waals surface area contributed by atoms with Crippen molar-refractivity contribution in [1.82, 2.24) is 19.9 Å². The summed E-state index contributed by atoms with van der Waals surface area (Å²) in [6.45, 7) is 5.22. The van der Waals surface area contributed by atoms with E-state index in [9.17, 15) is 9.59 Å². The highest BCUT2D eigenvalue weighted by Crippen LogP contribution is 2.33. The standard InChI is InChI=1S/C44H42N4O6/c1-3-51-41(49)7-5-25-53-35-17-9-29(10-18-35)43-37-21-13-31(45-37)27-33-15-23-39(47-33)44(40-24-16-34(48-40)28-32-14-22-38(43)46-32)30-11-19-36(20-12-30)54-26-6-8-42(50)52-4-2/h9-24,27-28,45-46H,3-8,25-26H2,1-2H3. The smallest absolute Gasteiger partial charge is 0.305 e. The molecule has 8 bridgehead atoms. The van der Waals surface area contributed by atoms with Crippen LogP contribution in [0, 0.1) is 0 Å². The average molecular weight is 723 g/mol. The Hall–Kier alpha value is -6.42. The minimum Gasteiger partial charge on any atom is -0.494 e. The van der Waals surface area contributed by atoms with Crippen LogP contribution in [0.25, 0.3) is 68.6 Å². The number of aromatic nitrogens is 4. The lowest BCUT2D eigenvalue weighted by Crippen LogP contribution is -2.06. The van der Waals surface area contributed by atoms with Crippen molar-refractivity contribution in [2.24, 2.45) is 0 Å². The largest absolute Gasteiger partial charge is 0.494 e. The SMILES string of the molecule is CCOC(=O)CCCOc1ccc(-c2c3nc(cc4ccc([nH]4)c(-c4ccc(OCCCC(=O)OCC)cc4)c4ccc(cc5nc2C=C5)[nH]4)C=C3)cc1. The van der Waals surface area contributed by atoms with E-state index in [1.807, 2.05) is 85.0 Å². The molecule has 0 amide bonds. The average Bonchev–Trinajstić information content (AvgIpc) is 4.01. The molecule has 7 rings (SSSR count). The van der Waals surface area contributed by atoms with Crippen molar-refractivity contribution >= 4 is 58.3 Å². The summed E-state index contributed by atoms with van der Waals surface area (Å²) in [6.07, 6.45) is 9.90. The molecule has 0 spiro atoms. The first kappa shape index (κ1) is 36.0. The number of nitrogens with zero attached hydrogens (tertiary/aromatic N) is 2. The molecule has 2 aliphatic heterocycles. The summed E-state index contributed by atoms with van der Waals surface area (Å²) < 4.78 is 21.8. The predicted octanol–water partition coefficient (Wildman–Crippen LogP) is 9.43. The van der Waals surface area contributed by atoms with Crippen LogP contribution in [0.15, 0.2) is 84.9 Å². The van der Waals surface area contributed by atoms with Crippen LogP contribution in [0.1, 0.15) is 62.3 Å². The Morgan fingerprint density at radius 2 is 1.00 bits per heavy atom. The van der Waals surface area contributed by atoms with E-state index in [1.165, 1.54) is 0 Å². The van der Waals surface area contributed by atoms with Gasteiger partial charge >= 0.3 is 11.9 Å². The second-order valence-electron chi connectivity index (χ2n) is 12.8. The first-order chi connectivity index (χ1) is 26.4. The summed E-state index contributed by atoms with van der Waals surface area (Å²) >= 11 is 0. The molecule has 2 aliphatic rings.